The van der Waals surface area contributed by atoms with E-state index in [4.69, 9.17) is 0 Å². The van der Waals surface area contributed by atoms with Gasteiger partial charge in [0.15, 0.2) is 11.0 Å². The van der Waals surface area contributed by atoms with Crippen molar-refractivity contribution in [1.29, 1.82) is 0 Å². The molecule has 0 saturated carbocycles. The van der Waals surface area contributed by atoms with Crippen molar-refractivity contribution in [1.82, 2.24) is 24.4 Å². The molecule has 30 heavy (non-hydrogen) atoms. The van der Waals surface area contributed by atoms with Gasteiger partial charge in [-0.15, -0.1) is 10.2 Å². The molecule has 1 N–H and O–H groups in total. The lowest BCUT2D eigenvalue weighted by atomic mass is 10.2. The normalized spacial score (nSPS) is 12.4. The van der Waals surface area contributed by atoms with Gasteiger partial charge < -0.3 is 9.88 Å². The lowest BCUT2D eigenvalue weighted by Crippen LogP contribution is -2.34. The van der Waals surface area contributed by atoms with Crippen molar-refractivity contribution in [2.24, 2.45) is 7.05 Å². The van der Waals surface area contributed by atoms with Crippen LogP contribution < -0.4 is 5.32 Å². The molecule has 0 aliphatic heterocycles. The number of carbonyl (C=O) groups is 1. The first-order valence-corrected chi connectivity index (χ1v) is 11.4. The van der Waals surface area contributed by atoms with Crippen molar-refractivity contribution < 1.29 is 26.4 Å². The maximum absolute atomic E-state index is 12.7. The van der Waals surface area contributed by atoms with Gasteiger partial charge in [0, 0.05) is 25.7 Å². The van der Waals surface area contributed by atoms with Crippen LogP contribution >= 0.6 is 11.8 Å². The fourth-order valence-electron chi connectivity index (χ4n) is 2.58. The Labute approximate surface area is 176 Å². The van der Waals surface area contributed by atoms with E-state index in [9.17, 15) is 26.4 Å². The number of rotatable bonds is 9. The standard InChI is InChI=1S/C17H22F3N5O3S2/c1-4-25(5-2)30(27,28)13-8-6-7-12(9-13)15-22-23-16(24(15)3)29-10-14(26)21-11-17(18,19)20/h6-9H,4-5,10-11H2,1-3H3,(H,21,26). The Morgan fingerprint density at radius 2 is 1.90 bits per heavy atom. The molecule has 0 spiro atoms. The van der Waals surface area contributed by atoms with E-state index < -0.39 is 28.7 Å². The Balaban J connectivity index is 2.17. The molecule has 0 aliphatic carbocycles. The number of amides is 1. The third-order valence-electron chi connectivity index (χ3n) is 4.09. The predicted octanol–water partition coefficient (Wildman–Crippen LogP) is 2.28. The second-order valence-corrected chi connectivity index (χ2v) is 9.04. The minimum Gasteiger partial charge on any atom is -0.346 e. The van der Waals surface area contributed by atoms with Crippen LogP contribution in [0.4, 0.5) is 13.2 Å². The zero-order valence-electron chi connectivity index (χ0n) is 16.6. The number of aromatic nitrogens is 3. The summed E-state index contributed by atoms with van der Waals surface area (Å²) < 4.78 is 64.8. The van der Waals surface area contributed by atoms with Crippen LogP contribution in [0.2, 0.25) is 0 Å². The molecule has 2 rings (SSSR count). The molecule has 1 heterocycles. The highest BCUT2D eigenvalue weighted by Crippen LogP contribution is 2.26. The van der Waals surface area contributed by atoms with Crippen LogP contribution in [-0.2, 0) is 21.9 Å². The summed E-state index contributed by atoms with van der Waals surface area (Å²) in [5, 5.41) is 10.1. The average molecular weight is 466 g/mol. The Kier molecular flexibility index (Phi) is 7.88. The van der Waals surface area contributed by atoms with Gasteiger partial charge in [-0.1, -0.05) is 37.7 Å². The molecule has 8 nitrogen and oxygen atoms in total. The number of hydrogen-bond acceptors (Lipinski definition) is 6. The van der Waals surface area contributed by atoms with Crippen LogP contribution in [0.1, 0.15) is 13.8 Å². The minimum absolute atomic E-state index is 0.118. The Hall–Kier alpha value is -2.12. The van der Waals surface area contributed by atoms with Crippen LogP contribution in [0.15, 0.2) is 34.3 Å². The minimum atomic E-state index is -4.48. The molecule has 2 aromatic rings. The zero-order chi connectivity index (χ0) is 22.5. The summed E-state index contributed by atoms with van der Waals surface area (Å²) in [5.41, 5.74) is 0.506. The molecule has 0 fully saturated rings. The van der Waals surface area contributed by atoms with Gasteiger partial charge in [0.1, 0.15) is 6.54 Å². The summed E-state index contributed by atoms with van der Waals surface area (Å²) in [5.74, 6) is -0.683. The van der Waals surface area contributed by atoms with Crippen LogP contribution in [0, 0.1) is 0 Å². The average Bonchev–Trinajstić information content (AvgIpc) is 3.05. The summed E-state index contributed by atoms with van der Waals surface area (Å²) in [7, 11) is -2.03. The van der Waals surface area contributed by atoms with Gasteiger partial charge in [-0.25, -0.2) is 8.42 Å². The number of nitrogens with zero attached hydrogens (tertiary/aromatic N) is 4. The lowest BCUT2D eigenvalue weighted by molar-refractivity contribution is -0.136. The van der Waals surface area contributed by atoms with E-state index in [1.54, 1.807) is 42.9 Å². The first kappa shape index (κ1) is 24.2. The SMILES string of the molecule is CCN(CC)S(=O)(=O)c1cccc(-c2nnc(SCC(=O)NCC(F)(F)F)n2C)c1. The number of carbonyl (C=O) groups excluding carboxylic acids is 1. The van der Waals surface area contributed by atoms with Crippen LogP contribution in [0.3, 0.4) is 0 Å². The molecule has 0 radical (unpaired) electrons. The highest BCUT2D eigenvalue weighted by Gasteiger charge is 2.28. The molecule has 0 aliphatic rings. The number of hydrogen-bond donors (Lipinski definition) is 1. The molecule has 13 heteroatoms. The van der Waals surface area contributed by atoms with E-state index in [2.05, 4.69) is 10.2 Å². The third kappa shape index (κ3) is 5.95. The van der Waals surface area contributed by atoms with Crippen molar-refractivity contribution in [3.8, 4) is 11.4 Å². The van der Waals surface area contributed by atoms with Gasteiger partial charge in [-0.2, -0.15) is 17.5 Å². The number of nitrogens with one attached hydrogen (secondary N) is 1. The summed E-state index contributed by atoms with van der Waals surface area (Å²) in [6.07, 6.45) is -4.48. The van der Waals surface area contributed by atoms with E-state index >= 15 is 0 Å². The molecule has 1 aromatic carbocycles. The van der Waals surface area contributed by atoms with Crippen molar-refractivity contribution >= 4 is 27.7 Å². The maximum Gasteiger partial charge on any atom is 0.405 e. The van der Waals surface area contributed by atoms with E-state index in [1.165, 1.54) is 16.4 Å². The molecule has 0 bridgehead atoms. The fraction of sp³-hybridized carbons (Fsp3) is 0.471. The van der Waals surface area contributed by atoms with Gasteiger partial charge in [0.25, 0.3) is 0 Å². The van der Waals surface area contributed by atoms with E-state index in [0.29, 0.717) is 29.6 Å². The highest BCUT2D eigenvalue weighted by atomic mass is 32.2. The van der Waals surface area contributed by atoms with Crippen molar-refractivity contribution in [2.45, 2.75) is 30.1 Å². The number of sulfonamides is 1. The predicted molar refractivity (Wildman–Crippen MR) is 106 cm³/mol. The van der Waals surface area contributed by atoms with E-state index in [1.807, 2.05) is 0 Å². The Morgan fingerprint density at radius 3 is 2.50 bits per heavy atom. The Bertz CT molecular complexity index is 989. The maximum atomic E-state index is 12.7. The smallest absolute Gasteiger partial charge is 0.346 e. The summed E-state index contributed by atoms with van der Waals surface area (Å²) in [6, 6.07) is 6.25. The van der Waals surface area contributed by atoms with Crippen LogP contribution in [0.25, 0.3) is 11.4 Å². The number of benzene rings is 1. The first-order valence-electron chi connectivity index (χ1n) is 8.95. The Morgan fingerprint density at radius 1 is 1.23 bits per heavy atom. The van der Waals surface area contributed by atoms with Crippen molar-refractivity contribution in [2.75, 3.05) is 25.4 Å². The van der Waals surface area contributed by atoms with Gasteiger partial charge in [-0.05, 0) is 12.1 Å². The lowest BCUT2D eigenvalue weighted by Gasteiger charge is -2.18. The molecule has 1 amide bonds. The molecule has 0 atom stereocenters. The summed E-state index contributed by atoms with van der Waals surface area (Å²) >= 11 is 0.927. The number of thioether (sulfide) groups is 1. The van der Waals surface area contributed by atoms with E-state index in [0.717, 1.165) is 11.8 Å². The summed E-state index contributed by atoms with van der Waals surface area (Å²) in [4.78, 5) is 11.7. The topological polar surface area (TPSA) is 97.2 Å². The molecule has 1 aromatic heterocycles. The van der Waals surface area contributed by atoms with E-state index in [-0.39, 0.29) is 10.6 Å². The fourth-order valence-corrected chi connectivity index (χ4v) is 4.83. The molecular weight excluding hydrogens is 443 g/mol. The highest BCUT2D eigenvalue weighted by molar-refractivity contribution is 7.99. The second-order valence-electron chi connectivity index (χ2n) is 6.16. The molecule has 0 unspecified atom stereocenters. The number of halogens is 3. The van der Waals surface area contributed by atoms with Gasteiger partial charge in [0.05, 0.1) is 10.6 Å². The van der Waals surface area contributed by atoms with Crippen molar-refractivity contribution in [3.63, 3.8) is 0 Å². The summed E-state index contributed by atoms with van der Waals surface area (Å²) in [6.45, 7) is 2.78. The largest absolute Gasteiger partial charge is 0.405 e. The van der Waals surface area contributed by atoms with Crippen LogP contribution in [-0.4, -0.2) is 65.0 Å². The van der Waals surface area contributed by atoms with Gasteiger partial charge >= 0.3 is 6.18 Å². The zero-order valence-corrected chi connectivity index (χ0v) is 18.2. The molecule has 166 valence electrons. The second kappa shape index (κ2) is 9.79. The quantitative estimate of drug-likeness (QED) is 0.571. The molecular formula is C17H22F3N5O3S2. The van der Waals surface area contributed by atoms with Crippen molar-refractivity contribution in [3.05, 3.63) is 24.3 Å². The number of alkyl halides is 3. The monoisotopic (exact) mass is 465 g/mol. The first-order chi connectivity index (χ1) is 14.0. The van der Waals surface area contributed by atoms with Gasteiger partial charge in [0.2, 0.25) is 15.9 Å². The third-order valence-corrected chi connectivity index (χ3v) is 7.15. The van der Waals surface area contributed by atoms with Crippen LogP contribution in [0.5, 0.6) is 0 Å². The molecule has 0 saturated heterocycles. The van der Waals surface area contributed by atoms with Gasteiger partial charge in [-0.3, -0.25) is 4.79 Å².